The van der Waals surface area contributed by atoms with Gasteiger partial charge < -0.3 is 5.73 Å². The molecule has 0 aliphatic carbocycles. The summed E-state index contributed by atoms with van der Waals surface area (Å²) in [4.78, 5) is 12.9. The number of nitrogens with one attached hydrogen (secondary N) is 1. The third kappa shape index (κ3) is 1.58. The lowest BCUT2D eigenvalue weighted by atomic mass is 10.1. The number of rotatable bonds is 1. The van der Waals surface area contributed by atoms with Crippen LogP contribution in [0.3, 0.4) is 0 Å². The van der Waals surface area contributed by atoms with Crippen LogP contribution in [-0.4, -0.2) is 25.1 Å². The molecule has 3 N–H and O–H groups in total. The molecule has 0 saturated heterocycles. The van der Waals surface area contributed by atoms with Gasteiger partial charge in [-0.3, -0.25) is 10.1 Å². The van der Waals surface area contributed by atoms with Crippen molar-refractivity contribution in [3.8, 4) is 11.3 Å². The summed E-state index contributed by atoms with van der Waals surface area (Å²) >= 11 is 0. The van der Waals surface area contributed by atoms with Gasteiger partial charge in [-0.25, -0.2) is 4.98 Å². The van der Waals surface area contributed by atoms with Gasteiger partial charge in [0.05, 0.1) is 22.8 Å². The zero-order valence-corrected chi connectivity index (χ0v) is 10.4. The standard InChI is InChI=1S/C14H10N6/c15-14-18-12(10-7-17-20-13(10)19-14)9-5-8-3-1-2-4-11(8)16-6-9/h1-7H,(H3,15,17,18,19,20). The van der Waals surface area contributed by atoms with Crippen LogP contribution in [0.5, 0.6) is 0 Å². The molecule has 6 nitrogen and oxygen atoms in total. The molecule has 96 valence electrons. The monoisotopic (exact) mass is 262 g/mol. The molecular formula is C14H10N6. The predicted octanol–water partition coefficient (Wildman–Crippen LogP) is 2.15. The van der Waals surface area contributed by atoms with Gasteiger partial charge in [0.2, 0.25) is 5.95 Å². The average Bonchev–Trinajstić information content (AvgIpc) is 2.94. The predicted molar refractivity (Wildman–Crippen MR) is 76.8 cm³/mol. The van der Waals surface area contributed by atoms with E-state index in [-0.39, 0.29) is 5.95 Å². The summed E-state index contributed by atoms with van der Waals surface area (Å²) in [6.45, 7) is 0. The zero-order valence-electron chi connectivity index (χ0n) is 10.4. The van der Waals surface area contributed by atoms with Crippen molar-refractivity contribution < 1.29 is 0 Å². The van der Waals surface area contributed by atoms with E-state index in [4.69, 9.17) is 5.73 Å². The summed E-state index contributed by atoms with van der Waals surface area (Å²) in [7, 11) is 0. The van der Waals surface area contributed by atoms with Gasteiger partial charge in [-0.05, 0) is 12.1 Å². The number of fused-ring (bicyclic) bond motifs is 2. The van der Waals surface area contributed by atoms with E-state index >= 15 is 0 Å². The third-order valence-electron chi connectivity index (χ3n) is 3.19. The topological polar surface area (TPSA) is 93.4 Å². The lowest BCUT2D eigenvalue weighted by molar-refractivity contribution is 1.09. The molecule has 0 amide bonds. The van der Waals surface area contributed by atoms with Gasteiger partial charge in [0.25, 0.3) is 0 Å². The second-order valence-electron chi connectivity index (χ2n) is 4.48. The summed E-state index contributed by atoms with van der Waals surface area (Å²) in [6, 6.07) is 9.97. The molecule has 3 heterocycles. The second kappa shape index (κ2) is 3.99. The van der Waals surface area contributed by atoms with E-state index in [2.05, 4.69) is 25.1 Å². The van der Waals surface area contributed by atoms with Crippen LogP contribution in [0, 0.1) is 0 Å². The number of aromatic nitrogens is 5. The number of benzene rings is 1. The second-order valence-corrected chi connectivity index (χ2v) is 4.48. The van der Waals surface area contributed by atoms with Crippen molar-refractivity contribution in [1.29, 1.82) is 0 Å². The molecule has 20 heavy (non-hydrogen) atoms. The van der Waals surface area contributed by atoms with E-state index in [0.717, 1.165) is 27.5 Å². The van der Waals surface area contributed by atoms with Crippen molar-refractivity contribution in [2.24, 2.45) is 0 Å². The molecule has 4 rings (SSSR count). The van der Waals surface area contributed by atoms with E-state index in [9.17, 15) is 0 Å². The lowest BCUT2D eigenvalue weighted by Gasteiger charge is -2.04. The van der Waals surface area contributed by atoms with Gasteiger partial charge in [-0.15, -0.1) is 0 Å². The quantitative estimate of drug-likeness (QED) is 0.548. The van der Waals surface area contributed by atoms with E-state index in [1.807, 2.05) is 30.3 Å². The molecule has 4 aromatic rings. The fraction of sp³-hybridized carbons (Fsp3) is 0. The van der Waals surface area contributed by atoms with Crippen molar-refractivity contribution in [2.75, 3.05) is 5.73 Å². The van der Waals surface area contributed by atoms with Gasteiger partial charge >= 0.3 is 0 Å². The minimum atomic E-state index is 0.213. The molecule has 0 fully saturated rings. The van der Waals surface area contributed by atoms with E-state index < -0.39 is 0 Å². The first-order valence-corrected chi connectivity index (χ1v) is 6.13. The summed E-state index contributed by atoms with van der Waals surface area (Å²) in [5.74, 6) is 0.213. The molecule has 6 heteroatoms. The van der Waals surface area contributed by atoms with Crippen LogP contribution in [0.2, 0.25) is 0 Å². The highest BCUT2D eigenvalue weighted by atomic mass is 15.2. The minimum Gasteiger partial charge on any atom is -0.368 e. The van der Waals surface area contributed by atoms with E-state index in [1.54, 1.807) is 12.4 Å². The van der Waals surface area contributed by atoms with Crippen LogP contribution >= 0.6 is 0 Å². The third-order valence-corrected chi connectivity index (χ3v) is 3.19. The first kappa shape index (κ1) is 10.9. The highest BCUT2D eigenvalue weighted by Gasteiger charge is 2.11. The molecule has 0 aliphatic rings. The Bertz CT molecular complexity index is 927. The Morgan fingerprint density at radius 3 is 2.90 bits per heavy atom. The normalized spacial score (nSPS) is 11.2. The van der Waals surface area contributed by atoms with Crippen molar-refractivity contribution in [2.45, 2.75) is 0 Å². The smallest absolute Gasteiger partial charge is 0.222 e. The first-order valence-electron chi connectivity index (χ1n) is 6.13. The molecule has 0 bridgehead atoms. The van der Waals surface area contributed by atoms with Crippen LogP contribution in [0.1, 0.15) is 0 Å². The highest BCUT2D eigenvalue weighted by molar-refractivity contribution is 5.93. The molecule has 0 atom stereocenters. The number of nitrogen functional groups attached to an aromatic ring is 1. The molecule has 3 aromatic heterocycles. The van der Waals surface area contributed by atoms with Crippen LogP contribution < -0.4 is 5.73 Å². The van der Waals surface area contributed by atoms with Crippen LogP contribution in [0.25, 0.3) is 33.2 Å². The van der Waals surface area contributed by atoms with Gasteiger partial charge in [0, 0.05) is 17.1 Å². The van der Waals surface area contributed by atoms with E-state index in [1.165, 1.54) is 0 Å². The molecular weight excluding hydrogens is 252 g/mol. The number of hydrogen-bond acceptors (Lipinski definition) is 5. The Hall–Kier alpha value is -3.02. The van der Waals surface area contributed by atoms with Crippen molar-refractivity contribution in [3.05, 3.63) is 42.7 Å². The minimum absolute atomic E-state index is 0.213. The molecule has 0 unspecified atom stereocenters. The molecule has 0 aliphatic heterocycles. The number of para-hydroxylation sites is 1. The van der Waals surface area contributed by atoms with Crippen LogP contribution in [0.4, 0.5) is 5.95 Å². The maximum atomic E-state index is 5.74. The number of H-pyrrole nitrogens is 1. The molecule has 0 saturated carbocycles. The number of anilines is 1. The molecule has 1 aromatic carbocycles. The van der Waals surface area contributed by atoms with E-state index in [0.29, 0.717) is 5.65 Å². The van der Waals surface area contributed by atoms with Gasteiger partial charge in [-0.1, -0.05) is 18.2 Å². The Labute approximate surface area is 113 Å². The Morgan fingerprint density at radius 1 is 1.05 bits per heavy atom. The van der Waals surface area contributed by atoms with Crippen molar-refractivity contribution in [3.63, 3.8) is 0 Å². The van der Waals surface area contributed by atoms with Gasteiger partial charge in [0.1, 0.15) is 0 Å². The number of pyridine rings is 1. The lowest BCUT2D eigenvalue weighted by Crippen LogP contribution is -1.97. The summed E-state index contributed by atoms with van der Waals surface area (Å²) < 4.78 is 0. The molecule has 0 spiro atoms. The number of aromatic amines is 1. The Kier molecular flexibility index (Phi) is 2.17. The molecule has 0 radical (unpaired) electrons. The maximum Gasteiger partial charge on any atom is 0.222 e. The largest absolute Gasteiger partial charge is 0.368 e. The SMILES string of the molecule is Nc1nc(-c2cnc3ccccc3c2)c2cn[nH]c2n1. The Morgan fingerprint density at radius 2 is 1.95 bits per heavy atom. The summed E-state index contributed by atoms with van der Waals surface area (Å²) in [5.41, 5.74) is 8.94. The van der Waals surface area contributed by atoms with Crippen LogP contribution in [0.15, 0.2) is 42.7 Å². The average molecular weight is 262 g/mol. The summed E-state index contributed by atoms with van der Waals surface area (Å²) in [5, 5.41) is 8.68. The first-order chi connectivity index (χ1) is 9.81. The summed E-state index contributed by atoms with van der Waals surface area (Å²) in [6.07, 6.45) is 3.48. The van der Waals surface area contributed by atoms with Crippen molar-refractivity contribution >= 4 is 27.9 Å². The Balaban J connectivity index is 2.02. The number of nitrogens with two attached hydrogens (primary N) is 1. The zero-order chi connectivity index (χ0) is 13.5. The van der Waals surface area contributed by atoms with Gasteiger partial charge in [0.15, 0.2) is 5.65 Å². The van der Waals surface area contributed by atoms with Crippen LogP contribution in [-0.2, 0) is 0 Å². The van der Waals surface area contributed by atoms with Crippen molar-refractivity contribution in [1.82, 2.24) is 25.1 Å². The maximum absolute atomic E-state index is 5.74. The fourth-order valence-electron chi connectivity index (χ4n) is 2.27. The number of hydrogen-bond donors (Lipinski definition) is 2. The highest BCUT2D eigenvalue weighted by Crippen LogP contribution is 2.27. The number of nitrogens with zero attached hydrogens (tertiary/aromatic N) is 4. The fourth-order valence-corrected chi connectivity index (χ4v) is 2.27. The van der Waals surface area contributed by atoms with Gasteiger partial charge in [-0.2, -0.15) is 10.1 Å².